The average molecular weight is 454 g/mol. The zero-order valence-electron chi connectivity index (χ0n) is 14.8. The van der Waals surface area contributed by atoms with Crippen LogP contribution in [0, 0.1) is 5.82 Å². The number of imide groups is 2. The molecule has 1 aromatic heterocycles. The number of hydrogen-bond acceptors (Lipinski definition) is 3. The molecule has 2 aromatic carbocycles. The normalized spacial score (nSPS) is 15.7. The summed E-state index contributed by atoms with van der Waals surface area (Å²) >= 11 is 3.38. The molecule has 1 N–H and O–H groups in total. The summed E-state index contributed by atoms with van der Waals surface area (Å²) in [5.74, 6) is -2.24. The molecule has 0 spiro atoms. The van der Waals surface area contributed by atoms with Gasteiger partial charge in [-0.1, -0.05) is 22.0 Å². The highest BCUT2D eigenvalue weighted by Crippen LogP contribution is 2.24. The van der Waals surface area contributed by atoms with Crippen LogP contribution in [0.5, 0.6) is 0 Å². The molecular weight excluding hydrogens is 441 g/mol. The molecule has 0 radical (unpaired) electrons. The van der Waals surface area contributed by atoms with Crippen molar-refractivity contribution in [2.24, 2.45) is 0 Å². The van der Waals surface area contributed by atoms with E-state index in [1.54, 1.807) is 22.9 Å². The van der Waals surface area contributed by atoms with Crippen LogP contribution in [0.1, 0.15) is 5.69 Å². The molecule has 29 heavy (non-hydrogen) atoms. The van der Waals surface area contributed by atoms with Crippen LogP contribution in [0.4, 0.5) is 14.9 Å². The fourth-order valence-corrected chi connectivity index (χ4v) is 3.27. The van der Waals surface area contributed by atoms with Gasteiger partial charge in [0.15, 0.2) is 0 Å². The molecule has 144 valence electrons. The summed E-state index contributed by atoms with van der Waals surface area (Å²) in [7, 11) is 0. The third kappa shape index (κ3) is 3.62. The number of urea groups is 1. The predicted molar refractivity (Wildman–Crippen MR) is 109 cm³/mol. The van der Waals surface area contributed by atoms with Gasteiger partial charge >= 0.3 is 6.03 Å². The Kier molecular flexibility index (Phi) is 4.85. The first-order valence-corrected chi connectivity index (χ1v) is 9.33. The first-order chi connectivity index (χ1) is 13.9. The standard InChI is InChI=1S/C21H13BrFN3O3/c22-13-6-8-15(9-7-13)25-10-2-5-16(25)12-18-19(27)24-21(29)26(20(18)28)17-4-1-3-14(23)11-17/h1-12H,(H,24,27,29). The van der Waals surface area contributed by atoms with E-state index in [9.17, 15) is 18.8 Å². The summed E-state index contributed by atoms with van der Waals surface area (Å²) in [6.07, 6.45) is 3.19. The Morgan fingerprint density at radius 1 is 0.931 bits per heavy atom. The lowest BCUT2D eigenvalue weighted by Gasteiger charge is -2.26. The van der Waals surface area contributed by atoms with Gasteiger partial charge in [-0.3, -0.25) is 14.9 Å². The number of halogens is 2. The highest BCUT2D eigenvalue weighted by molar-refractivity contribution is 9.10. The molecule has 0 saturated carbocycles. The number of anilines is 1. The summed E-state index contributed by atoms with van der Waals surface area (Å²) in [5.41, 5.74) is 1.20. The van der Waals surface area contributed by atoms with Crippen molar-refractivity contribution >= 4 is 45.5 Å². The van der Waals surface area contributed by atoms with E-state index in [0.29, 0.717) is 5.69 Å². The molecule has 1 fully saturated rings. The van der Waals surface area contributed by atoms with Gasteiger partial charge in [-0.15, -0.1) is 0 Å². The maximum Gasteiger partial charge on any atom is 0.335 e. The second kappa shape index (κ2) is 7.48. The maximum atomic E-state index is 13.6. The Morgan fingerprint density at radius 3 is 2.41 bits per heavy atom. The fourth-order valence-electron chi connectivity index (χ4n) is 3.00. The molecular formula is C21H13BrFN3O3. The molecule has 4 amide bonds. The summed E-state index contributed by atoms with van der Waals surface area (Å²) in [4.78, 5) is 38.2. The third-order valence-corrected chi connectivity index (χ3v) is 4.87. The highest BCUT2D eigenvalue weighted by atomic mass is 79.9. The summed E-state index contributed by atoms with van der Waals surface area (Å²) in [6.45, 7) is 0. The molecule has 0 atom stereocenters. The molecule has 0 aliphatic carbocycles. The van der Waals surface area contributed by atoms with Crippen LogP contribution in [0.25, 0.3) is 11.8 Å². The van der Waals surface area contributed by atoms with E-state index in [1.165, 1.54) is 24.3 Å². The van der Waals surface area contributed by atoms with Gasteiger partial charge in [0.05, 0.1) is 5.69 Å². The SMILES string of the molecule is O=C1NC(=O)N(c2cccc(F)c2)C(=O)C1=Cc1cccn1-c1ccc(Br)cc1. The monoisotopic (exact) mass is 453 g/mol. The number of aromatic nitrogens is 1. The van der Waals surface area contributed by atoms with E-state index < -0.39 is 23.7 Å². The number of carbonyl (C=O) groups is 3. The fraction of sp³-hybridized carbons (Fsp3) is 0. The summed E-state index contributed by atoms with van der Waals surface area (Å²) in [6, 6.07) is 15.1. The van der Waals surface area contributed by atoms with Gasteiger partial charge in [-0.05, 0) is 60.7 Å². The Morgan fingerprint density at radius 2 is 1.69 bits per heavy atom. The maximum absolute atomic E-state index is 13.6. The number of hydrogen-bond donors (Lipinski definition) is 1. The minimum Gasteiger partial charge on any atom is -0.317 e. The van der Waals surface area contributed by atoms with Crippen LogP contribution in [-0.4, -0.2) is 22.4 Å². The molecule has 1 saturated heterocycles. The first-order valence-electron chi connectivity index (χ1n) is 8.54. The minimum absolute atomic E-state index is 0.0363. The molecule has 4 rings (SSSR count). The number of nitrogens with zero attached hydrogens (tertiary/aromatic N) is 2. The molecule has 0 unspecified atom stereocenters. The molecule has 2 heterocycles. The van der Waals surface area contributed by atoms with E-state index in [1.807, 2.05) is 24.3 Å². The molecule has 3 aromatic rings. The molecule has 8 heteroatoms. The van der Waals surface area contributed by atoms with E-state index >= 15 is 0 Å². The van der Waals surface area contributed by atoms with Gasteiger partial charge in [0.2, 0.25) is 0 Å². The Bertz CT molecular complexity index is 1170. The lowest BCUT2D eigenvalue weighted by atomic mass is 10.1. The van der Waals surface area contributed by atoms with Crippen LogP contribution in [0.15, 0.2) is 76.9 Å². The number of amides is 4. The van der Waals surface area contributed by atoms with Crippen LogP contribution in [0.3, 0.4) is 0 Å². The topological polar surface area (TPSA) is 71.4 Å². The zero-order chi connectivity index (χ0) is 20.5. The molecule has 0 bridgehead atoms. The number of nitrogens with one attached hydrogen (secondary N) is 1. The second-order valence-electron chi connectivity index (χ2n) is 6.22. The second-order valence-corrected chi connectivity index (χ2v) is 7.13. The van der Waals surface area contributed by atoms with Gasteiger partial charge in [0.1, 0.15) is 11.4 Å². The highest BCUT2D eigenvalue weighted by Gasteiger charge is 2.37. The minimum atomic E-state index is -0.925. The first kappa shape index (κ1) is 18.8. The van der Waals surface area contributed by atoms with Gasteiger partial charge in [-0.25, -0.2) is 14.1 Å². The Balaban J connectivity index is 1.75. The van der Waals surface area contributed by atoms with Crippen molar-refractivity contribution in [2.45, 2.75) is 0 Å². The number of carbonyl (C=O) groups excluding carboxylic acids is 3. The quantitative estimate of drug-likeness (QED) is 0.480. The molecule has 6 nitrogen and oxygen atoms in total. The predicted octanol–water partition coefficient (Wildman–Crippen LogP) is 4.05. The Hall–Kier alpha value is -3.52. The lowest BCUT2D eigenvalue weighted by Crippen LogP contribution is -2.54. The lowest BCUT2D eigenvalue weighted by molar-refractivity contribution is -0.122. The van der Waals surface area contributed by atoms with Crippen LogP contribution >= 0.6 is 15.9 Å². The van der Waals surface area contributed by atoms with Crippen molar-refractivity contribution in [2.75, 3.05) is 4.90 Å². The van der Waals surface area contributed by atoms with Crippen molar-refractivity contribution in [3.05, 3.63) is 88.4 Å². The van der Waals surface area contributed by atoms with Crippen LogP contribution in [-0.2, 0) is 9.59 Å². The number of barbiturate groups is 1. The summed E-state index contributed by atoms with van der Waals surface area (Å²) in [5, 5.41) is 2.13. The van der Waals surface area contributed by atoms with Gasteiger partial charge in [0.25, 0.3) is 11.8 Å². The van der Waals surface area contributed by atoms with Crippen LogP contribution < -0.4 is 10.2 Å². The zero-order valence-corrected chi connectivity index (χ0v) is 16.4. The van der Waals surface area contributed by atoms with E-state index in [4.69, 9.17) is 0 Å². The van der Waals surface area contributed by atoms with Crippen molar-refractivity contribution in [1.29, 1.82) is 0 Å². The third-order valence-electron chi connectivity index (χ3n) is 4.35. The Labute approximate surface area is 173 Å². The van der Waals surface area contributed by atoms with E-state index in [-0.39, 0.29) is 11.3 Å². The largest absolute Gasteiger partial charge is 0.335 e. The molecule has 1 aliphatic rings. The van der Waals surface area contributed by atoms with E-state index in [0.717, 1.165) is 21.1 Å². The smallest absolute Gasteiger partial charge is 0.317 e. The van der Waals surface area contributed by atoms with Crippen LogP contribution in [0.2, 0.25) is 0 Å². The number of benzene rings is 2. The van der Waals surface area contributed by atoms with Crippen molar-refractivity contribution in [3.63, 3.8) is 0 Å². The summed E-state index contributed by atoms with van der Waals surface area (Å²) < 4.78 is 16.3. The van der Waals surface area contributed by atoms with E-state index in [2.05, 4.69) is 21.2 Å². The van der Waals surface area contributed by atoms with Crippen molar-refractivity contribution in [1.82, 2.24) is 9.88 Å². The molecule has 1 aliphatic heterocycles. The van der Waals surface area contributed by atoms with Gasteiger partial charge in [0, 0.05) is 22.1 Å². The van der Waals surface area contributed by atoms with Crippen molar-refractivity contribution < 1.29 is 18.8 Å². The van der Waals surface area contributed by atoms with Gasteiger partial charge in [-0.2, -0.15) is 0 Å². The van der Waals surface area contributed by atoms with Crippen molar-refractivity contribution in [3.8, 4) is 5.69 Å². The van der Waals surface area contributed by atoms with Gasteiger partial charge < -0.3 is 4.57 Å². The average Bonchev–Trinajstić information content (AvgIpc) is 3.14. The number of rotatable bonds is 3.